The molecule has 132 valence electrons. The van der Waals surface area contributed by atoms with Crippen molar-refractivity contribution in [2.45, 2.75) is 44.8 Å². The van der Waals surface area contributed by atoms with Gasteiger partial charge in [-0.3, -0.25) is 4.90 Å². The summed E-state index contributed by atoms with van der Waals surface area (Å²) in [5.74, 6) is 1.81. The molecule has 1 aliphatic heterocycles. The molecule has 0 aromatic carbocycles. The minimum absolute atomic E-state index is 0.0963. The molecule has 0 aliphatic carbocycles. The minimum atomic E-state index is -0.0963. The van der Waals surface area contributed by atoms with Crippen LogP contribution in [-0.2, 0) is 10.2 Å². The number of nitrogens with zero attached hydrogens (tertiary/aromatic N) is 6. The van der Waals surface area contributed by atoms with Crippen LogP contribution in [-0.4, -0.2) is 71.2 Å². The summed E-state index contributed by atoms with van der Waals surface area (Å²) in [4.78, 5) is 4.56. The topological polar surface area (TPSA) is 58.8 Å². The summed E-state index contributed by atoms with van der Waals surface area (Å²) in [6.07, 6.45) is 1.38. The van der Waals surface area contributed by atoms with Crippen LogP contribution < -0.4 is 4.90 Å². The number of rotatable bonds is 4. The first-order chi connectivity index (χ1) is 11.3. The molecule has 3 heterocycles. The van der Waals surface area contributed by atoms with Crippen LogP contribution in [0, 0.1) is 0 Å². The zero-order valence-corrected chi connectivity index (χ0v) is 15.5. The van der Waals surface area contributed by atoms with Crippen molar-refractivity contribution in [3.63, 3.8) is 0 Å². The van der Waals surface area contributed by atoms with E-state index in [1.165, 1.54) is 0 Å². The highest BCUT2D eigenvalue weighted by Crippen LogP contribution is 2.23. The number of ether oxygens (including phenoxy) is 1. The Bertz CT molecular complexity index is 707. The van der Waals surface area contributed by atoms with Crippen molar-refractivity contribution >= 4 is 11.5 Å². The first kappa shape index (κ1) is 17.1. The normalized spacial score (nSPS) is 22.4. The van der Waals surface area contributed by atoms with Gasteiger partial charge in [-0.25, -0.2) is 0 Å². The molecular formula is C17H28N6O. The van der Waals surface area contributed by atoms with Gasteiger partial charge in [-0.05, 0) is 25.6 Å². The Labute approximate surface area is 143 Å². The van der Waals surface area contributed by atoms with E-state index in [9.17, 15) is 0 Å². The molecule has 1 fully saturated rings. The molecule has 24 heavy (non-hydrogen) atoms. The number of methoxy groups -OCH3 is 1. The van der Waals surface area contributed by atoms with Gasteiger partial charge >= 0.3 is 0 Å². The van der Waals surface area contributed by atoms with Gasteiger partial charge in [-0.1, -0.05) is 20.8 Å². The highest BCUT2D eigenvalue weighted by Gasteiger charge is 2.30. The van der Waals surface area contributed by atoms with Gasteiger partial charge in [0.25, 0.3) is 0 Å². The van der Waals surface area contributed by atoms with Gasteiger partial charge in [0, 0.05) is 38.7 Å². The van der Waals surface area contributed by atoms with E-state index >= 15 is 0 Å². The molecule has 0 bridgehead atoms. The SMILES string of the molecule is CO[C@H]1C[C@@H](CN(C)c2ccc3nnc(C(C)(C)C)n3n2)N(C)C1. The molecular weight excluding hydrogens is 304 g/mol. The van der Waals surface area contributed by atoms with Crippen LogP contribution in [0.5, 0.6) is 0 Å². The smallest absolute Gasteiger partial charge is 0.178 e. The highest BCUT2D eigenvalue weighted by molar-refractivity contribution is 5.46. The fraction of sp³-hybridized carbons (Fsp3) is 0.706. The third-order valence-electron chi connectivity index (χ3n) is 4.78. The van der Waals surface area contributed by atoms with Crippen LogP contribution in [0.15, 0.2) is 12.1 Å². The minimum Gasteiger partial charge on any atom is -0.380 e. The number of likely N-dealkylation sites (N-methyl/N-ethyl adjacent to an activating group) is 2. The molecule has 3 rings (SSSR count). The summed E-state index contributed by atoms with van der Waals surface area (Å²) >= 11 is 0. The second-order valence-electron chi connectivity index (χ2n) is 7.80. The third-order valence-corrected chi connectivity index (χ3v) is 4.78. The summed E-state index contributed by atoms with van der Waals surface area (Å²) < 4.78 is 7.37. The summed E-state index contributed by atoms with van der Waals surface area (Å²) in [6.45, 7) is 8.28. The van der Waals surface area contributed by atoms with Crippen LogP contribution in [0.25, 0.3) is 5.65 Å². The molecule has 0 spiro atoms. The Kier molecular flexibility index (Phi) is 4.48. The molecule has 0 N–H and O–H groups in total. The monoisotopic (exact) mass is 332 g/mol. The van der Waals surface area contributed by atoms with Crippen molar-refractivity contribution in [2.24, 2.45) is 0 Å². The van der Waals surface area contributed by atoms with E-state index in [1.54, 1.807) is 7.11 Å². The van der Waals surface area contributed by atoms with Crippen molar-refractivity contribution in [1.29, 1.82) is 0 Å². The number of anilines is 1. The van der Waals surface area contributed by atoms with E-state index < -0.39 is 0 Å². The fourth-order valence-electron chi connectivity index (χ4n) is 3.27. The quantitative estimate of drug-likeness (QED) is 0.847. The molecule has 2 atom stereocenters. The lowest BCUT2D eigenvalue weighted by Gasteiger charge is -2.26. The second kappa shape index (κ2) is 6.29. The van der Waals surface area contributed by atoms with Gasteiger partial charge in [0.05, 0.1) is 6.10 Å². The lowest BCUT2D eigenvalue weighted by atomic mass is 9.96. The van der Waals surface area contributed by atoms with Gasteiger partial charge < -0.3 is 9.64 Å². The summed E-state index contributed by atoms with van der Waals surface area (Å²) in [7, 11) is 6.04. The molecule has 2 aromatic rings. The number of hydrogen-bond acceptors (Lipinski definition) is 6. The molecule has 7 heteroatoms. The van der Waals surface area contributed by atoms with Crippen molar-refractivity contribution < 1.29 is 4.74 Å². The van der Waals surface area contributed by atoms with Crippen molar-refractivity contribution in [1.82, 2.24) is 24.7 Å². The molecule has 2 aromatic heterocycles. The van der Waals surface area contributed by atoms with E-state index in [1.807, 2.05) is 16.6 Å². The maximum Gasteiger partial charge on any atom is 0.178 e. The van der Waals surface area contributed by atoms with Gasteiger partial charge in [-0.2, -0.15) is 4.52 Å². The van der Waals surface area contributed by atoms with Crippen molar-refractivity contribution in [3.05, 3.63) is 18.0 Å². The predicted molar refractivity (Wildman–Crippen MR) is 94.6 cm³/mol. The van der Waals surface area contributed by atoms with Crippen molar-refractivity contribution in [2.75, 3.05) is 39.2 Å². The van der Waals surface area contributed by atoms with Gasteiger partial charge in [0.1, 0.15) is 5.82 Å². The maximum absolute atomic E-state index is 5.50. The second-order valence-corrected chi connectivity index (χ2v) is 7.80. The van der Waals surface area contributed by atoms with E-state index in [4.69, 9.17) is 9.84 Å². The summed E-state index contributed by atoms with van der Waals surface area (Å²) in [6, 6.07) is 4.47. The molecule has 1 aliphatic rings. The van der Waals surface area contributed by atoms with Crippen LogP contribution in [0.3, 0.4) is 0 Å². The van der Waals surface area contributed by atoms with E-state index in [-0.39, 0.29) is 5.41 Å². The Morgan fingerprint density at radius 2 is 2.04 bits per heavy atom. The van der Waals surface area contributed by atoms with Crippen LogP contribution in [0.1, 0.15) is 33.0 Å². The number of likely N-dealkylation sites (tertiary alicyclic amines) is 1. The Balaban J connectivity index is 1.81. The predicted octanol–water partition coefficient (Wildman–Crippen LogP) is 1.58. The Morgan fingerprint density at radius 3 is 2.67 bits per heavy atom. The van der Waals surface area contributed by atoms with Gasteiger partial charge in [0.15, 0.2) is 11.5 Å². The lowest BCUT2D eigenvalue weighted by Crippen LogP contribution is -2.37. The van der Waals surface area contributed by atoms with Crippen LogP contribution in [0.4, 0.5) is 5.82 Å². The first-order valence-electron chi connectivity index (χ1n) is 8.46. The van der Waals surface area contributed by atoms with Crippen molar-refractivity contribution in [3.8, 4) is 0 Å². The largest absolute Gasteiger partial charge is 0.380 e. The molecule has 0 saturated carbocycles. The van der Waals surface area contributed by atoms with E-state index in [2.05, 4.69) is 54.9 Å². The zero-order chi connectivity index (χ0) is 17.5. The zero-order valence-electron chi connectivity index (χ0n) is 15.5. The third kappa shape index (κ3) is 3.23. The molecule has 7 nitrogen and oxygen atoms in total. The van der Waals surface area contributed by atoms with E-state index in [0.29, 0.717) is 12.1 Å². The Hall–Kier alpha value is -1.73. The molecule has 0 unspecified atom stereocenters. The molecule has 0 radical (unpaired) electrons. The Morgan fingerprint density at radius 1 is 1.29 bits per heavy atom. The fourth-order valence-corrected chi connectivity index (χ4v) is 3.27. The lowest BCUT2D eigenvalue weighted by molar-refractivity contribution is 0.111. The number of aromatic nitrogens is 4. The van der Waals surface area contributed by atoms with Gasteiger partial charge in [-0.15, -0.1) is 15.3 Å². The van der Waals surface area contributed by atoms with Crippen LogP contribution >= 0.6 is 0 Å². The average molecular weight is 332 g/mol. The summed E-state index contributed by atoms with van der Waals surface area (Å²) in [5.41, 5.74) is 0.690. The average Bonchev–Trinajstić information content (AvgIpc) is 3.10. The van der Waals surface area contributed by atoms with Gasteiger partial charge in [0.2, 0.25) is 0 Å². The summed E-state index contributed by atoms with van der Waals surface area (Å²) in [5, 5.41) is 13.3. The molecule has 0 amide bonds. The van der Waals surface area contributed by atoms with Crippen LogP contribution in [0.2, 0.25) is 0 Å². The number of hydrogen-bond donors (Lipinski definition) is 0. The standard InChI is InChI=1S/C17H28N6O/c1-17(2,3)16-19-18-14-7-8-15(20-23(14)16)22(5)10-12-9-13(24-6)11-21(12)4/h7-8,12-13H,9-11H2,1-6H3/t12-,13-/m0/s1. The maximum atomic E-state index is 5.50. The molecule has 1 saturated heterocycles. The highest BCUT2D eigenvalue weighted by atomic mass is 16.5. The van der Waals surface area contributed by atoms with E-state index in [0.717, 1.165) is 36.8 Å². The first-order valence-corrected chi connectivity index (χ1v) is 8.46. The number of fused-ring (bicyclic) bond motifs is 1.